The molecule has 0 amide bonds. The van der Waals surface area contributed by atoms with E-state index in [1.807, 2.05) is 22.7 Å². The summed E-state index contributed by atoms with van der Waals surface area (Å²) in [5.41, 5.74) is 0. The highest BCUT2D eigenvalue weighted by Crippen LogP contribution is 2.44. The van der Waals surface area contributed by atoms with E-state index in [9.17, 15) is 0 Å². The lowest BCUT2D eigenvalue weighted by Gasteiger charge is -2.05. The van der Waals surface area contributed by atoms with Crippen molar-refractivity contribution < 1.29 is 0 Å². The van der Waals surface area contributed by atoms with Crippen LogP contribution in [0.4, 0.5) is 0 Å². The van der Waals surface area contributed by atoms with Crippen LogP contribution in [0.5, 0.6) is 0 Å². The molecule has 0 bridgehead atoms. The van der Waals surface area contributed by atoms with Gasteiger partial charge in [-0.2, -0.15) is 0 Å². The summed E-state index contributed by atoms with van der Waals surface area (Å²) in [4.78, 5) is 0. The molecule has 2 heteroatoms. The molecule has 5 aromatic rings. The molecule has 18 heavy (non-hydrogen) atoms. The van der Waals surface area contributed by atoms with Gasteiger partial charge in [-0.1, -0.05) is 24.3 Å². The Morgan fingerprint density at radius 1 is 0.556 bits per heavy atom. The molecule has 84 valence electrons. The molecule has 0 saturated carbocycles. The average molecular weight is 264 g/mol. The normalized spacial score (nSPS) is 12.4. The zero-order chi connectivity index (χ0) is 11.7. The van der Waals surface area contributed by atoms with E-state index in [0.29, 0.717) is 0 Å². The minimum Gasteiger partial charge on any atom is -0.143 e. The van der Waals surface area contributed by atoms with Crippen LogP contribution < -0.4 is 0 Å². The predicted octanol–water partition coefficient (Wildman–Crippen LogP) is 5.86. The molecular formula is C16H8S2. The molecule has 2 aromatic heterocycles. The number of hydrogen-bond donors (Lipinski definition) is 0. The van der Waals surface area contributed by atoms with Crippen molar-refractivity contribution in [3.05, 3.63) is 47.2 Å². The summed E-state index contributed by atoms with van der Waals surface area (Å²) in [5.74, 6) is 0. The van der Waals surface area contributed by atoms with E-state index >= 15 is 0 Å². The first-order valence-electron chi connectivity index (χ1n) is 5.95. The van der Waals surface area contributed by atoms with E-state index in [2.05, 4.69) is 47.2 Å². The van der Waals surface area contributed by atoms with Crippen LogP contribution in [-0.2, 0) is 0 Å². The average Bonchev–Trinajstić information content (AvgIpc) is 3.01. The maximum atomic E-state index is 2.31. The molecule has 0 aliphatic carbocycles. The number of rotatable bonds is 0. The Morgan fingerprint density at radius 2 is 1.06 bits per heavy atom. The molecule has 0 radical (unpaired) electrons. The summed E-state index contributed by atoms with van der Waals surface area (Å²) in [6.07, 6.45) is 0. The Bertz CT molecular complexity index is 933. The Balaban J connectivity index is 2.35. The maximum absolute atomic E-state index is 2.31. The molecule has 0 unspecified atom stereocenters. The molecule has 0 fully saturated rings. The van der Waals surface area contributed by atoms with Gasteiger partial charge in [-0.25, -0.2) is 0 Å². The van der Waals surface area contributed by atoms with Crippen molar-refractivity contribution in [1.82, 2.24) is 0 Å². The topological polar surface area (TPSA) is 0 Å². The van der Waals surface area contributed by atoms with Crippen molar-refractivity contribution in [2.45, 2.75) is 0 Å². The molecule has 0 saturated heterocycles. The van der Waals surface area contributed by atoms with E-state index in [4.69, 9.17) is 0 Å². The largest absolute Gasteiger partial charge is 0.143 e. The first kappa shape index (κ1) is 9.31. The van der Waals surface area contributed by atoms with Gasteiger partial charge in [-0.3, -0.25) is 0 Å². The number of benzene rings is 3. The standard InChI is InChI=1S/C16H8S2/c1-3-9-10-4-2-6-14-16(10)12(8-18-14)11-7-17-13(5-1)15(9)11/h1-8H. The van der Waals surface area contributed by atoms with E-state index in [1.165, 1.54) is 41.7 Å². The lowest BCUT2D eigenvalue weighted by Crippen LogP contribution is -1.78. The van der Waals surface area contributed by atoms with Gasteiger partial charge in [-0.05, 0) is 33.7 Å². The van der Waals surface area contributed by atoms with E-state index in [-0.39, 0.29) is 0 Å². The molecule has 0 nitrogen and oxygen atoms in total. The van der Waals surface area contributed by atoms with Crippen molar-refractivity contribution >= 4 is 64.4 Å². The van der Waals surface area contributed by atoms with Crippen LogP contribution in [0.25, 0.3) is 41.7 Å². The Kier molecular flexibility index (Phi) is 1.56. The minimum atomic E-state index is 1.40. The van der Waals surface area contributed by atoms with Crippen LogP contribution in [0.1, 0.15) is 0 Å². The quantitative estimate of drug-likeness (QED) is 0.307. The Labute approximate surface area is 111 Å². The van der Waals surface area contributed by atoms with E-state index in [0.717, 1.165) is 0 Å². The van der Waals surface area contributed by atoms with Gasteiger partial charge in [0.05, 0.1) is 0 Å². The van der Waals surface area contributed by atoms with Crippen molar-refractivity contribution in [3.8, 4) is 0 Å². The summed E-state index contributed by atoms with van der Waals surface area (Å²) < 4.78 is 2.80. The number of hydrogen-bond acceptors (Lipinski definition) is 2. The zero-order valence-corrected chi connectivity index (χ0v) is 11.1. The first-order chi connectivity index (χ1) is 8.93. The smallest absolute Gasteiger partial charge is 0.0355 e. The SMILES string of the molecule is c1cc2scc3c4csc5cccc(c(c1)c23)c54. The fourth-order valence-electron chi connectivity index (χ4n) is 3.02. The highest BCUT2D eigenvalue weighted by atomic mass is 32.1. The molecule has 2 heterocycles. The Hall–Kier alpha value is -1.64. The second-order valence-electron chi connectivity index (χ2n) is 4.66. The Morgan fingerprint density at radius 3 is 1.56 bits per heavy atom. The molecule has 5 rings (SSSR count). The predicted molar refractivity (Wildman–Crippen MR) is 83.4 cm³/mol. The number of thiophene rings is 2. The zero-order valence-electron chi connectivity index (χ0n) is 9.44. The highest BCUT2D eigenvalue weighted by molar-refractivity contribution is 7.19. The monoisotopic (exact) mass is 264 g/mol. The molecule has 0 aliphatic rings. The molecule has 0 aliphatic heterocycles. The van der Waals surface area contributed by atoms with E-state index < -0.39 is 0 Å². The maximum Gasteiger partial charge on any atom is 0.0355 e. The van der Waals surface area contributed by atoms with Crippen LogP contribution in [-0.4, -0.2) is 0 Å². The second kappa shape index (κ2) is 3.02. The van der Waals surface area contributed by atoms with Gasteiger partial charge in [-0.15, -0.1) is 22.7 Å². The van der Waals surface area contributed by atoms with Crippen LogP contribution in [0.2, 0.25) is 0 Å². The summed E-state index contributed by atoms with van der Waals surface area (Å²) >= 11 is 3.71. The fourth-order valence-corrected chi connectivity index (χ4v) is 4.99. The lowest BCUT2D eigenvalue weighted by atomic mass is 9.97. The van der Waals surface area contributed by atoms with Gasteiger partial charge in [0, 0.05) is 30.9 Å². The minimum absolute atomic E-state index is 1.40. The van der Waals surface area contributed by atoms with Gasteiger partial charge < -0.3 is 0 Å². The third-order valence-corrected chi connectivity index (χ3v) is 5.67. The van der Waals surface area contributed by atoms with Gasteiger partial charge in [0.1, 0.15) is 0 Å². The van der Waals surface area contributed by atoms with Crippen LogP contribution >= 0.6 is 22.7 Å². The summed E-state index contributed by atoms with van der Waals surface area (Å²) in [6, 6.07) is 13.3. The van der Waals surface area contributed by atoms with Gasteiger partial charge in [0.25, 0.3) is 0 Å². The van der Waals surface area contributed by atoms with E-state index in [1.54, 1.807) is 0 Å². The number of fused-ring (bicyclic) bond motifs is 2. The molecule has 3 aromatic carbocycles. The van der Waals surface area contributed by atoms with Crippen LogP contribution in [0.3, 0.4) is 0 Å². The second-order valence-corrected chi connectivity index (χ2v) is 6.48. The van der Waals surface area contributed by atoms with Crippen molar-refractivity contribution in [2.24, 2.45) is 0 Å². The first-order valence-corrected chi connectivity index (χ1v) is 7.70. The van der Waals surface area contributed by atoms with Crippen molar-refractivity contribution in [3.63, 3.8) is 0 Å². The molecule has 0 spiro atoms. The van der Waals surface area contributed by atoms with Crippen molar-refractivity contribution in [2.75, 3.05) is 0 Å². The molecule has 0 atom stereocenters. The van der Waals surface area contributed by atoms with Gasteiger partial charge in [0.2, 0.25) is 0 Å². The highest BCUT2D eigenvalue weighted by Gasteiger charge is 2.14. The van der Waals surface area contributed by atoms with Crippen LogP contribution in [0.15, 0.2) is 47.2 Å². The summed E-state index contributed by atoms with van der Waals surface area (Å²) in [5, 5.41) is 13.2. The molecule has 0 N–H and O–H groups in total. The van der Waals surface area contributed by atoms with Crippen molar-refractivity contribution in [1.29, 1.82) is 0 Å². The van der Waals surface area contributed by atoms with Crippen LogP contribution in [0, 0.1) is 0 Å². The van der Waals surface area contributed by atoms with Gasteiger partial charge in [0.15, 0.2) is 0 Å². The summed E-state index contributed by atoms with van der Waals surface area (Å²) in [6.45, 7) is 0. The third-order valence-electron chi connectivity index (χ3n) is 3.78. The van der Waals surface area contributed by atoms with Gasteiger partial charge >= 0.3 is 0 Å². The molecular weight excluding hydrogens is 256 g/mol. The summed E-state index contributed by atoms with van der Waals surface area (Å²) in [7, 11) is 0. The third kappa shape index (κ3) is 0.935. The lowest BCUT2D eigenvalue weighted by molar-refractivity contribution is 1.89. The fraction of sp³-hybridized carbons (Fsp3) is 0.